The Morgan fingerprint density at radius 2 is 0.930 bits per heavy atom. The van der Waals surface area contributed by atoms with E-state index in [-0.39, 0.29) is 87.4 Å². The lowest BCUT2D eigenvalue weighted by Gasteiger charge is -2.35. The van der Waals surface area contributed by atoms with E-state index in [1.807, 2.05) is 5.40 Å². The maximum absolute atomic E-state index is 13.3. The molecule has 0 spiro atoms. The molecule has 3 aromatic heterocycles. The van der Waals surface area contributed by atoms with Crippen LogP contribution in [-0.4, -0.2) is 63.9 Å². The van der Waals surface area contributed by atoms with Crippen LogP contribution in [-0.2, 0) is 60.0 Å². The van der Waals surface area contributed by atoms with Gasteiger partial charge in [-0.15, -0.1) is 0 Å². The molecule has 7 N–H and O–H groups in total. The minimum absolute atomic E-state index is 0.0738. The third kappa shape index (κ3) is 12.2. The number of aromatic hydroxyl groups is 3. The average Bonchev–Trinajstić information content (AvgIpc) is 3.16. The number of amides is 4. The molecule has 0 aromatic carbocycles. The predicted molar refractivity (Wildman–Crippen MR) is 211 cm³/mol. The SMILES string of the molecule is Cc1cc(=O)c(O)c(CNC(=O)CCC(CCC(=O)NCc2c(O)c(=O)cc(C)n2C)(CCC(=O)NCc2c(O)c(=O)cc(C)n2C)NC(=O)CCSC#N)n1C. The van der Waals surface area contributed by atoms with Crippen LogP contribution in [0, 0.1) is 31.4 Å². The van der Waals surface area contributed by atoms with Crippen molar-refractivity contribution in [3.05, 3.63) is 83.0 Å². The predicted octanol–water partition coefficient (Wildman–Crippen LogP) is 0.874. The molecular weight excluding hydrogens is 761 g/mol. The van der Waals surface area contributed by atoms with Gasteiger partial charge in [0.15, 0.2) is 17.2 Å². The quantitative estimate of drug-likeness (QED) is 0.0657. The van der Waals surface area contributed by atoms with Crippen molar-refractivity contribution < 1.29 is 34.5 Å². The van der Waals surface area contributed by atoms with Crippen LogP contribution >= 0.6 is 11.8 Å². The van der Waals surface area contributed by atoms with E-state index in [0.717, 1.165) is 11.8 Å². The summed E-state index contributed by atoms with van der Waals surface area (Å²) in [5, 5.41) is 52.9. The lowest BCUT2D eigenvalue weighted by molar-refractivity contribution is -0.127. The molecule has 3 heterocycles. The molecule has 57 heavy (non-hydrogen) atoms. The van der Waals surface area contributed by atoms with Gasteiger partial charge >= 0.3 is 0 Å². The summed E-state index contributed by atoms with van der Waals surface area (Å²) in [5.74, 6) is -3.48. The highest BCUT2D eigenvalue weighted by Gasteiger charge is 2.34. The molecule has 4 amide bonds. The largest absolute Gasteiger partial charge is 0.503 e. The summed E-state index contributed by atoms with van der Waals surface area (Å²) in [6.07, 6.45) is -0.992. The molecule has 0 aliphatic rings. The number of thioether (sulfide) groups is 1. The number of carbonyl (C=O) groups is 4. The number of aromatic nitrogens is 3. The molecule has 0 saturated carbocycles. The van der Waals surface area contributed by atoms with Crippen LogP contribution in [0.15, 0.2) is 32.6 Å². The number of hydrogen-bond acceptors (Lipinski definition) is 12. The van der Waals surface area contributed by atoms with Crippen molar-refractivity contribution in [3.63, 3.8) is 0 Å². The number of pyridine rings is 3. The summed E-state index contributed by atoms with van der Waals surface area (Å²) in [7, 11) is 4.87. The van der Waals surface area contributed by atoms with Crippen molar-refractivity contribution in [2.45, 2.75) is 90.9 Å². The Balaban J connectivity index is 1.88. The Labute approximate surface area is 332 Å². The summed E-state index contributed by atoms with van der Waals surface area (Å²) in [5.41, 5.74) is -1.01. The number of nitrogens with zero attached hydrogens (tertiary/aromatic N) is 4. The third-order valence-corrected chi connectivity index (χ3v) is 10.6. The second-order valence-corrected chi connectivity index (χ2v) is 14.7. The van der Waals surface area contributed by atoms with Crippen LogP contribution in [0.5, 0.6) is 17.2 Å². The Kier molecular flexibility index (Phi) is 16.1. The first-order chi connectivity index (χ1) is 26.8. The van der Waals surface area contributed by atoms with Crippen LogP contribution in [0.3, 0.4) is 0 Å². The van der Waals surface area contributed by atoms with Gasteiger partial charge < -0.3 is 50.3 Å². The number of rotatable bonds is 19. The highest BCUT2D eigenvalue weighted by Crippen LogP contribution is 2.27. The summed E-state index contributed by atoms with van der Waals surface area (Å²) in [6, 6.07) is 3.78. The van der Waals surface area contributed by atoms with E-state index in [9.17, 15) is 48.9 Å². The molecule has 0 radical (unpaired) electrons. The minimum atomic E-state index is -1.35. The molecule has 0 aliphatic carbocycles. The first-order valence-corrected chi connectivity index (χ1v) is 19.1. The minimum Gasteiger partial charge on any atom is -0.503 e. The summed E-state index contributed by atoms with van der Waals surface area (Å²) >= 11 is 0.862. The zero-order valence-corrected chi connectivity index (χ0v) is 33.7. The molecular formula is C38H50N8O10S. The van der Waals surface area contributed by atoms with Crippen molar-refractivity contribution >= 4 is 35.4 Å². The van der Waals surface area contributed by atoms with Crippen molar-refractivity contribution in [1.29, 1.82) is 5.26 Å². The molecule has 0 atom stereocenters. The zero-order chi connectivity index (χ0) is 42.6. The number of carbonyl (C=O) groups excluding carboxylic acids is 4. The fourth-order valence-corrected chi connectivity index (χ4v) is 6.57. The van der Waals surface area contributed by atoms with E-state index < -0.39 is 62.7 Å². The summed E-state index contributed by atoms with van der Waals surface area (Å²) in [6.45, 7) is 4.41. The number of thiocyanates is 1. The number of nitrogens with one attached hydrogen (secondary N) is 4. The van der Waals surface area contributed by atoms with Crippen LogP contribution in [0.2, 0.25) is 0 Å². The smallest absolute Gasteiger partial charge is 0.223 e. The van der Waals surface area contributed by atoms with Gasteiger partial charge in [0, 0.05) is 93.4 Å². The van der Waals surface area contributed by atoms with Gasteiger partial charge in [-0.05, 0) is 51.8 Å². The van der Waals surface area contributed by atoms with Crippen molar-refractivity contribution in [2.24, 2.45) is 21.1 Å². The first kappa shape index (κ1) is 45.4. The Morgan fingerprint density at radius 3 is 1.23 bits per heavy atom. The van der Waals surface area contributed by atoms with Gasteiger partial charge in [0.05, 0.1) is 36.7 Å². The van der Waals surface area contributed by atoms with E-state index in [1.165, 1.54) is 18.2 Å². The maximum atomic E-state index is 13.3. The zero-order valence-electron chi connectivity index (χ0n) is 32.9. The van der Waals surface area contributed by atoms with E-state index in [1.54, 1.807) is 55.6 Å². The first-order valence-electron chi connectivity index (χ1n) is 18.1. The second kappa shape index (κ2) is 20.2. The number of nitriles is 1. The normalized spacial score (nSPS) is 11.1. The van der Waals surface area contributed by atoms with Crippen LogP contribution < -0.4 is 37.6 Å². The Hall–Kier alpha value is -6.03. The van der Waals surface area contributed by atoms with E-state index in [2.05, 4.69) is 21.3 Å². The number of aryl methyl sites for hydroxylation is 3. The van der Waals surface area contributed by atoms with Crippen molar-refractivity contribution in [3.8, 4) is 22.6 Å². The lowest BCUT2D eigenvalue weighted by atomic mass is 9.83. The van der Waals surface area contributed by atoms with Crippen LogP contribution in [0.1, 0.15) is 79.1 Å². The molecule has 18 nitrogen and oxygen atoms in total. The van der Waals surface area contributed by atoms with Gasteiger partial charge in [-0.25, -0.2) is 0 Å². The Bertz CT molecular complexity index is 2020. The maximum Gasteiger partial charge on any atom is 0.223 e. The second-order valence-electron chi connectivity index (χ2n) is 13.9. The van der Waals surface area contributed by atoms with Gasteiger partial charge in [-0.1, -0.05) is 0 Å². The summed E-state index contributed by atoms with van der Waals surface area (Å²) in [4.78, 5) is 89.7. The molecule has 0 bridgehead atoms. The van der Waals surface area contributed by atoms with Crippen molar-refractivity contribution in [2.75, 3.05) is 5.75 Å². The van der Waals surface area contributed by atoms with Gasteiger partial charge in [0.2, 0.25) is 39.9 Å². The number of hydrogen-bond donors (Lipinski definition) is 7. The molecule has 308 valence electrons. The molecule has 0 unspecified atom stereocenters. The van der Waals surface area contributed by atoms with E-state index in [4.69, 9.17) is 5.26 Å². The molecule has 0 aliphatic heterocycles. The van der Waals surface area contributed by atoms with E-state index in [0.29, 0.717) is 17.1 Å². The third-order valence-electron chi connectivity index (χ3n) is 10.1. The fraction of sp³-hybridized carbons (Fsp3) is 0.474. The highest BCUT2D eigenvalue weighted by molar-refractivity contribution is 8.03. The molecule has 19 heteroatoms. The van der Waals surface area contributed by atoms with Crippen molar-refractivity contribution in [1.82, 2.24) is 35.0 Å². The van der Waals surface area contributed by atoms with Gasteiger partial charge in [0.25, 0.3) is 0 Å². The average molecular weight is 811 g/mol. The fourth-order valence-electron chi connectivity index (χ4n) is 6.19. The van der Waals surface area contributed by atoms with E-state index >= 15 is 0 Å². The Morgan fingerprint density at radius 1 is 0.614 bits per heavy atom. The van der Waals surface area contributed by atoms with Gasteiger partial charge in [-0.3, -0.25) is 33.6 Å². The van der Waals surface area contributed by atoms with Crippen LogP contribution in [0.4, 0.5) is 0 Å². The molecule has 3 aromatic rings. The standard InChI is InChI=1S/C38H50N8O10S/c1-22-15-28(47)35(54)25(44(22)4)18-40-31(50)7-11-38(43-34(53)10-14-57-21-39,12-8-32(51)41-19-26-36(55)29(48)16-23(2)45(26)5)13-9-33(52)42-20-27-37(56)30(49)17-24(3)46(27)6/h15-17,54-56H,7-14,18-20H2,1-6H3,(H,40,50)(H,41,51)(H,42,52)(H,43,53). The summed E-state index contributed by atoms with van der Waals surface area (Å²) < 4.78 is 4.67. The highest BCUT2D eigenvalue weighted by atomic mass is 32.2. The monoisotopic (exact) mass is 810 g/mol. The van der Waals surface area contributed by atoms with Gasteiger partial charge in [0.1, 0.15) is 5.40 Å². The lowest BCUT2D eigenvalue weighted by Crippen LogP contribution is -2.50. The van der Waals surface area contributed by atoms with Gasteiger partial charge in [-0.2, -0.15) is 5.26 Å². The molecule has 3 rings (SSSR count). The topological polar surface area (TPSA) is 267 Å². The molecule has 0 fully saturated rings. The van der Waals surface area contributed by atoms with Crippen LogP contribution in [0.25, 0.3) is 0 Å². The molecule has 0 saturated heterocycles.